The summed E-state index contributed by atoms with van der Waals surface area (Å²) in [6, 6.07) is 3.05. The van der Waals surface area contributed by atoms with Gasteiger partial charge >= 0.3 is 0 Å². The molecule has 2 aromatic rings. The summed E-state index contributed by atoms with van der Waals surface area (Å²) in [4.78, 5) is 22.2. The number of para-hydroxylation sites is 1. The molecule has 2 heterocycles. The summed E-state index contributed by atoms with van der Waals surface area (Å²) in [6.07, 6.45) is 2.97. The van der Waals surface area contributed by atoms with E-state index in [9.17, 15) is 22.0 Å². The zero-order chi connectivity index (χ0) is 19.6. The number of carbonyl (C=O) groups is 1. The van der Waals surface area contributed by atoms with Crippen molar-refractivity contribution < 1.29 is 22.0 Å². The van der Waals surface area contributed by atoms with E-state index in [4.69, 9.17) is 0 Å². The number of nitrogens with zero attached hydrogens (tertiary/aromatic N) is 3. The van der Waals surface area contributed by atoms with Gasteiger partial charge in [-0.1, -0.05) is 6.07 Å². The summed E-state index contributed by atoms with van der Waals surface area (Å²) in [6.45, 7) is 2.36. The van der Waals surface area contributed by atoms with E-state index in [0.717, 1.165) is 12.1 Å². The van der Waals surface area contributed by atoms with Crippen LogP contribution in [0, 0.1) is 11.6 Å². The number of sulfone groups is 1. The maximum Gasteiger partial charge on any atom is 0.258 e. The van der Waals surface area contributed by atoms with Crippen LogP contribution in [0.4, 0.5) is 20.4 Å². The largest absolute Gasteiger partial charge is 0.337 e. The van der Waals surface area contributed by atoms with Crippen LogP contribution in [0.2, 0.25) is 0 Å². The van der Waals surface area contributed by atoms with Crippen LogP contribution >= 0.6 is 0 Å². The van der Waals surface area contributed by atoms with E-state index in [0.29, 0.717) is 18.9 Å². The van der Waals surface area contributed by atoms with Crippen LogP contribution in [-0.4, -0.2) is 48.4 Å². The molecule has 1 fully saturated rings. The number of halogens is 2. The van der Waals surface area contributed by atoms with E-state index >= 15 is 0 Å². The molecule has 1 unspecified atom stereocenters. The lowest BCUT2D eigenvalue weighted by molar-refractivity contribution is 0.102. The Labute approximate surface area is 155 Å². The van der Waals surface area contributed by atoms with Crippen molar-refractivity contribution in [2.75, 3.05) is 28.3 Å². The van der Waals surface area contributed by atoms with Gasteiger partial charge in [-0.05, 0) is 25.5 Å². The predicted molar refractivity (Wildman–Crippen MR) is 96.4 cm³/mol. The molecule has 1 aliphatic rings. The second-order valence-electron chi connectivity index (χ2n) is 6.17. The monoisotopic (exact) mass is 396 g/mol. The minimum absolute atomic E-state index is 0.0245. The molecule has 0 bridgehead atoms. The van der Waals surface area contributed by atoms with Crippen molar-refractivity contribution in [1.29, 1.82) is 0 Å². The van der Waals surface area contributed by atoms with Crippen molar-refractivity contribution in [3.05, 3.63) is 47.8 Å². The average molecular weight is 396 g/mol. The lowest BCUT2D eigenvalue weighted by Gasteiger charge is -2.26. The van der Waals surface area contributed by atoms with Gasteiger partial charge in [0.2, 0.25) is 5.95 Å². The van der Waals surface area contributed by atoms with Crippen molar-refractivity contribution in [2.45, 2.75) is 19.4 Å². The highest BCUT2D eigenvalue weighted by Gasteiger charge is 2.32. The normalized spacial score (nSPS) is 18.3. The molecular weight excluding hydrogens is 378 g/mol. The molecular formula is C17H18F2N4O3S. The van der Waals surface area contributed by atoms with Crippen molar-refractivity contribution in [3.63, 3.8) is 0 Å². The lowest BCUT2D eigenvalue weighted by Crippen LogP contribution is -2.37. The summed E-state index contributed by atoms with van der Waals surface area (Å²) >= 11 is 0. The fourth-order valence-electron chi connectivity index (χ4n) is 2.97. The SMILES string of the molecule is CCN(c1ncc(C(=O)Nc2c(F)cccc2F)cn1)C1CCS(=O)(=O)C1. The van der Waals surface area contributed by atoms with Gasteiger partial charge in [0.15, 0.2) is 9.84 Å². The van der Waals surface area contributed by atoms with Gasteiger partial charge < -0.3 is 10.2 Å². The summed E-state index contributed by atoms with van der Waals surface area (Å²) in [5.74, 6) is -2.06. The van der Waals surface area contributed by atoms with Crippen LogP contribution in [0.15, 0.2) is 30.6 Å². The van der Waals surface area contributed by atoms with E-state index in [2.05, 4.69) is 15.3 Å². The molecule has 1 aromatic carbocycles. The highest BCUT2D eigenvalue weighted by molar-refractivity contribution is 7.91. The van der Waals surface area contributed by atoms with Gasteiger partial charge in [-0.25, -0.2) is 27.2 Å². The second kappa shape index (κ2) is 7.55. The van der Waals surface area contributed by atoms with Gasteiger partial charge in [0.1, 0.15) is 17.3 Å². The minimum Gasteiger partial charge on any atom is -0.337 e. The number of hydrogen-bond donors (Lipinski definition) is 1. The molecule has 7 nitrogen and oxygen atoms in total. The Morgan fingerprint density at radius 1 is 1.26 bits per heavy atom. The molecule has 1 N–H and O–H groups in total. The number of rotatable bonds is 5. The van der Waals surface area contributed by atoms with Crippen molar-refractivity contribution in [1.82, 2.24) is 9.97 Å². The molecule has 0 spiro atoms. The van der Waals surface area contributed by atoms with Crippen molar-refractivity contribution in [3.8, 4) is 0 Å². The zero-order valence-electron chi connectivity index (χ0n) is 14.5. The molecule has 27 heavy (non-hydrogen) atoms. The number of hydrogen-bond acceptors (Lipinski definition) is 6. The Morgan fingerprint density at radius 3 is 2.41 bits per heavy atom. The van der Waals surface area contributed by atoms with Crippen molar-refractivity contribution >= 4 is 27.4 Å². The van der Waals surface area contributed by atoms with E-state index in [-0.39, 0.29) is 23.1 Å². The summed E-state index contributed by atoms with van der Waals surface area (Å²) in [5.41, 5.74) is -0.519. The van der Waals surface area contributed by atoms with Gasteiger partial charge in [0.25, 0.3) is 5.91 Å². The van der Waals surface area contributed by atoms with Gasteiger partial charge in [0, 0.05) is 25.0 Å². The Hall–Kier alpha value is -2.62. The Kier molecular flexibility index (Phi) is 5.36. The highest BCUT2D eigenvalue weighted by atomic mass is 32.2. The summed E-state index contributed by atoms with van der Waals surface area (Å²) in [5, 5.41) is 2.16. The number of amides is 1. The van der Waals surface area contributed by atoms with Crippen LogP contribution in [0.5, 0.6) is 0 Å². The summed E-state index contributed by atoms with van der Waals surface area (Å²) < 4.78 is 50.6. The number of nitrogens with one attached hydrogen (secondary N) is 1. The van der Waals surface area contributed by atoms with Crippen LogP contribution in [0.1, 0.15) is 23.7 Å². The molecule has 0 aliphatic carbocycles. The van der Waals surface area contributed by atoms with Crippen LogP contribution < -0.4 is 10.2 Å². The van der Waals surface area contributed by atoms with Gasteiger partial charge in [-0.2, -0.15) is 0 Å². The number of aromatic nitrogens is 2. The Bertz CT molecular complexity index is 931. The highest BCUT2D eigenvalue weighted by Crippen LogP contribution is 2.22. The quantitative estimate of drug-likeness (QED) is 0.831. The molecule has 0 radical (unpaired) electrons. The first kappa shape index (κ1) is 19.2. The number of benzene rings is 1. The third-order valence-corrected chi connectivity index (χ3v) is 6.10. The molecule has 1 aromatic heterocycles. The van der Waals surface area contributed by atoms with Crippen LogP contribution in [0.25, 0.3) is 0 Å². The van der Waals surface area contributed by atoms with E-state index < -0.39 is 33.1 Å². The summed E-state index contributed by atoms with van der Waals surface area (Å²) in [7, 11) is -3.06. The molecule has 10 heteroatoms. The first-order valence-corrected chi connectivity index (χ1v) is 10.2. The molecule has 144 valence electrons. The Morgan fingerprint density at radius 2 is 1.89 bits per heavy atom. The molecule has 1 aliphatic heterocycles. The first-order chi connectivity index (χ1) is 12.8. The van der Waals surface area contributed by atoms with Crippen LogP contribution in [0.3, 0.4) is 0 Å². The molecule has 0 saturated carbocycles. The fraction of sp³-hybridized carbons (Fsp3) is 0.353. The maximum atomic E-state index is 13.6. The van der Waals surface area contributed by atoms with Gasteiger partial charge in [-0.3, -0.25) is 4.79 Å². The zero-order valence-corrected chi connectivity index (χ0v) is 15.3. The predicted octanol–water partition coefficient (Wildman–Crippen LogP) is 2.02. The van der Waals surface area contributed by atoms with E-state index in [1.807, 2.05) is 6.92 Å². The molecule has 1 amide bonds. The smallest absolute Gasteiger partial charge is 0.258 e. The molecule has 1 atom stereocenters. The first-order valence-electron chi connectivity index (χ1n) is 8.35. The van der Waals surface area contributed by atoms with Crippen LogP contribution in [-0.2, 0) is 9.84 Å². The topological polar surface area (TPSA) is 92.3 Å². The van der Waals surface area contributed by atoms with Crippen molar-refractivity contribution in [2.24, 2.45) is 0 Å². The van der Waals surface area contributed by atoms with E-state index in [1.165, 1.54) is 18.5 Å². The third-order valence-electron chi connectivity index (χ3n) is 4.35. The average Bonchev–Trinajstić information content (AvgIpc) is 2.99. The standard InChI is InChI=1S/C17H18F2N4O3S/c1-2-23(12-6-7-27(25,26)10-12)17-20-8-11(9-21-17)16(24)22-15-13(18)4-3-5-14(15)19/h3-5,8-9,12H,2,6-7,10H2,1H3,(H,22,24). The molecule has 1 saturated heterocycles. The minimum atomic E-state index is -3.06. The van der Waals surface area contributed by atoms with E-state index in [1.54, 1.807) is 4.90 Å². The number of carbonyl (C=O) groups excluding carboxylic acids is 1. The number of anilines is 2. The lowest BCUT2D eigenvalue weighted by atomic mass is 10.2. The molecule has 3 rings (SSSR count). The maximum absolute atomic E-state index is 13.6. The fourth-order valence-corrected chi connectivity index (χ4v) is 4.70. The van der Waals surface area contributed by atoms with Gasteiger partial charge in [0.05, 0.1) is 17.1 Å². The van der Waals surface area contributed by atoms with Gasteiger partial charge in [-0.15, -0.1) is 0 Å². The second-order valence-corrected chi connectivity index (χ2v) is 8.39. The third kappa shape index (κ3) is 4.21. The Balaban J connectivity index is 1.75.